The smallest absolute Gasteiger partial charge is 0.240 e. The number of sulfonamides is 1. The molecule has 0 aromatic heterocycles. The Morgan fingerprint density at radius 2 is 1.86 bits per heavy atom. The van der Waals surface area contributed by atoms with Gasteiger partial charge in [0, 0.05) is 6.54 Å². The lowest BCUT2D eigenvalue weighted by atomic mass is 10.2. The van der Waals surface area contributed by atoms with E-state index in [2.05, 4.69) is 4.72 Å². The number of hydrogen-bond donors (Lipinski definition) is 1. The summed E-state index contributed by atoms with van der Waals surface area (Å²) in [6.07, 6.45) is 0.630. The van der Waals surface area contributed by atoms with Gasteiger partial charge in [-0.2, -0.15) is 0 Å². The zero-order chi connectivity index (χ0) is 16.0. The van der Waals surface area contributed by atoms with Crippen molar-refractivity contribution in [1.82, 2.24) is 4.72 Å². The summed E-state index contributed by atoms with van der Waals surface area (Å²) in [5, 5.41) is 0.285. The van der Waals surface area contributed by atoms with E-state index in [1.54, 1.807) is 6.07 Å². The number of benzene rings is 2. The second-order valence-electron chi connectivity index (χ2n) is 4.66. The molecule has 0 spiro atoms. The number of nitrogens with one attached hydrogen (secondary N) is 1. The van der Waals surface area contributed by atoms with E-state index in [1.165, 1.54) is 12.1 Å². The maximum atomic E-state index is 12.2. The Labute approximate surface area is 136 Å². The standard InChI is InChI=1S/C16H18ClNO3S/c1-2-21-16-9-8-14(12-15(16)17)22(19,20)18-11-10-13-6-4-3-5-7-13/h3-9,12,18H,2,10-11H2,1H3. The van der Waals surface area contributed by atoms with Crippen LogP contribution in [0.3, 0.4) is 0 Å². The molecule has 0 saturated carbocycles. The third-order valence-corrected chi connectivity index (χ3v) is 4.82. The van der Waals surface area contributed by atoms with Crippen LogP contribution in [0, 0.1) is 0 Å². The first kappa shape index (κ1) is 16.8. The van der Waals surface area contributed by atoms with Gasteiger partial charge in [0.25, 0.3) is 0 Å². The molecule has 0 aliphatic rings. The molecule has 0 bridgehead atoms. The van der Waals surface area contributed by atoms with Gasteiger partial charge >= 0.3 is 0 Å². The van der Waals surface area contributed by atoms with Crippen molar-refractivity contribution in [3.63, 3.8) is 0 Å². The molecule has 4 nitrogen and oxygen atoms in total. The molecule has 6 heteroatoms. The molecule has 0 fully saturated rings. The first-order valence-electron chi connectivity index (χ1n) is 6.99. The van der Waals surface area contributed by atoms with E-state index in [4.69, 9.17) is 16.3 Å². The van der Waals surface area contributed by atoms with Gasteiger partial charge in [0.05, 0.1) is 16.5 Å². The van der Waals surface area contributed by atoms with Gasteiger partial charge < -0.3 is 4.74 Å². The van der Waals surface area contributed by atoms with Crippen molar-refractivity contribution in [1.29, 1.82) is 0 Å². The second kappa shape index (κ2) is 7.63. The lowest BCUT2D eigenvalue weighted by Crippen LogP contribution is -2.26. The number of ether oxygens (including phenoxy) is 1. The largest absolute Gasteiger partial charge is 0.492 e. The van der Waals surface area contributed by atoms with E-state index in [-0.39, 0.29) is 9.92 Å². The van der Waals surface area contributed by atoms with Crippen LogP contribution in [0.2, 0.25) is 5.02 Å². The Morgan fingerprint density at radius 3 is 2.50 bits per heavy atom. The van der Waals surface area contributed by atoms with Crippen LogP contribution in [-0.4, -0.2) is 21.6 Å². The molecule has 0 saturated heterocycles. The Kier molecular flexibility index (Phi) is 5.83. The van der Waals surface area contributed by atoms with Crippen LogP contribution in [0.4, 0.5) is 0 Å². The summed E-state index contributed by atoms with van der Waals surface area (Å²) in [5.41, 5.74) is 1.08. The van der Waals surface area contributed by atoms with E-state index in [1.807, 2.05) is 37.3 Å². The zero-order valence-corrected chi connectivity index (χ0v) is 13.8. The van der Waals surface area contributed by atoms with E-state index in [9.17, 15) is 8.42 Å². The summed E-state index contributed by atoms with van der Waals surface area (Å²) >= 11 is 6.03. The first-order chi connectivity index (χ1) is 10.5. The Bertz CT molecular complexity index is 717. The van der Waals surface area contributed by atoms with Crippen LogP contribution in [0.25, 0.3) is 0 Å². The van der Waals surface area contributed by atoms with Crippen molar-refractivity contribution in [2.75, 3.05) is 13.2 Å². The Balaban J connectivity index is 2.02. The summed E-state index contributed by atoms with van der Waals surface area (Å²) in [6, 6.07) is 14.2. The summed E-state index contributed by atoms with van der Waals surface area (Å²) in [6.45, 7) is 2.64. The molecule has 0 amide bonds. The molecule has 118 valence electrons. The van der Waals surface area contributed by atoms with Gasteiger partial charge in [-0.3, -0.25) is 0 Å². The highest BCUT2D eigenvalue weighted by molar-refractivity contribution is 7.89. The van der Waals surface area contributed by atoms with E-state index < -0.39 is 10.0 Å². The SMILES string of the molecule is CCOc1ccc(S(=O)(=O)NCCc2ccccc2)cc1Cl. The van der Waals surface area contributed by atoms with Crippen molar-refractivity contribution in [2.45, 2.75) is 18.2 Å². The molecule has 0 heterocycles. The number of rotatable bonds is 7. The van der Waals surface area contributed by atoms with Crippen LogP contribution < -0.4 is 9.46 Å². The van der Waals surface area contributed by atoms with Crippen molar-refractivity contribution in [3.8, 4) is 5.75 Å². The predicted molar refractivity (Wildman–Crippen MR) is 88.0 cm³/mol. The summed E-state index contributed by atoms with van der Waals surface area (Å²) in [4.78, 5) is 0.133. The fraction of sp³-hybridized carbons (Fsp3) is 0.250. The highest BCUT2D eigenvalue weighted by atomic mass is 35.5. The van der Waals surface area contributed by atoms with Crippen molar-refractivity contribution >= 4 is 21.6 Å². The van der Waals surface area contributed by atoms with Crippen LogP contribution in [-0.2, 0) is 16.4 Å². The third-order valence-electron chi connectivity index (χ3n) is 3.06. The van der Waals surface area contributed by atoms with E-state index in [0.717, 1.165) is 5.56 Å². The quantitative estimate of drug-likeness (QED) is 0.842. The van der Waals surface area contributed by atoms with Gasteiger partial charge in [-0.25, -0.2) is 13.1 Å². The van der Waals surface area contributed by atoms with Crippen molar-refractivity contribution in [2.24, 2.45) is 0 Å². The van der Waals surface area contributed by atoms with Gasteiger partial charge in [-0.15, -0.1) is 0 Å². The normalized spacial score (nSPS) is 11.4. The molecule has 0 aliphatic carbocycles. The Morgan fingerprint density at radius 1 is 1.14 bits per heavy atom. The molecule has 1 N–H and O–H groups in total. The molecule has 0 atom stereocenters. The third kappa shape index (κ3) is 4.47. The molecule has 0 aliphatic heterocycles. The average molecular weight is 340 g/mol. The molecule has 0 radical (unpaired) electrons. The van der Waals surface area contributed by atoms with Crippen molar-refractivity contribution < 1.29 is 13.2 Å². The topological polar surface area (TPSA) is 55.4 Å². The zero-order valence-electron chi connectivity index (χ0n) is 12.3. The highest BCUT2D eigenvalue weighted by Gasteiger charge is 2.15. The van der Waals surface area contributed by atoms with Gasteiger partial charge in [0.15, 0.2) is 0 Å². The second-order valence-corrected chi connectivity index (χ2v) is 6.83. The van der Waals surface area contributed by atoms with E-state index >= 15 is 0 Å². The molecule has 2 rings (SSSR count). The minimum atomic E-state index is -3.57. The molecular formula is C16H18ClNO3S. The van der Waals surface area contributed by atoms with Crippen LogP contribution in [0.1, 0.15) is 12.5 Å². The maximum absolute atomic E-state index is 12.2. The monoisotopic (exact) mass is 339 g/mol. The Hall–Kier alpha value is -1.56. The molecule has 0 unspecified atom stereocenters. The summed E-state index contributed by atoms with van der Waals surface area (Å²) in [7, 11) is -3.57. The van der Waals surface area contributed by atoms with Gasteiger partial charge in [0.2, 0.25) is 10.0 Å². The van der Waals surface area contributed by atoms with Crippen LogP contribution in [0.5, 0.6) is 5.75 Å². The molecule has 2 aromatic rings. The molecular weight excluding hydrogens is 322 g/mol. The highest BCUT2D eigenvalue weighted by Crippen LogP contribution is 2.27. The van der Waals surface area contributed by atoms with E-state index in [0.29, 0.717) is 25.3 Å². The minimum Gasteiger partial charge on any atom is -0.492 e. The van der Waals surface area contributed by atoms with Crippen LogP contribution >= 0.6 is 11.6 Å². The number of halogens is 1. The maximum Gasteiger partial charge on any atom is 0.240 e. The lowest BCUT2D eigenvalue weighted by molar-refractivity contribution is 0.340. The fourth-order valence-electron chi connectivity index (χ4n) is 1.98. The summed E-state index contributed by atoms with van der Waals surface area (Å²) in [5.74, 6) is 0.479. The van der Waals surface area contributed by atoms with Crippen LogP contribution in [0.15, 0.2) is 53.4 Å². The lowest BCUT2D eigenvalue weighted by Gasteiger charge is -2.10. The predicted octanol–water partition coefficient (Wildman–Crippen LogP) is 3.26. The van der Waals surface area contributed by atoms with Crippen molar-refractivity contribution in [3.05, 3.63) is 59.1 Å². The minimum absolute atomic E-state index is 0.133. The van der Waals surface area contributed by atoms with Gasteiger partial charge in [-0.05, 0) is 37.1 Å². The average Bonchev–Trinajstić information content (AvgIpc) is 2.50. The van der Waals surface area contributed by atoms with Gasteiger partial charge in [-0.1, -0.05) is 41.9 Å². The fourth-order valence-corrected chi connectivity index (χ4v) is 3.34. The summed E-state index contributed by atoms with van der Waals surface area (Å²) < 4.78 is 32.3. The molecule has 2 aromatic carbocycles. The first-order valence-corrected chi connectivity index (χ1v) is 8.85. The van der Waals surface area contributed by atoms with Gasteiger partial charge in [0.1, 0.15) is 5.75 Å². The number of hydrogen-bond acceptors (Lipinski definition) is 3. The molecule has 22 heavy (non-hydrogen) atoms.